The summed E-state index contributed by atoms with van der Waals surface area (Å²) in [5.41, 5.74) is 0.187. The van der Waals surface area contributed by atoms with Crippen molar-refractivity contribution in [3.05, 3.63) is 40.7 Å². The van der Waals surface area contributed by atoms with Crippen molar-refractivity contribution in [3.8, 4) is 11.5 Å². The fourth-order valence-corrected chi connectivity index (χ4v) is 1.71. The van der Waals surface area contributed by atoms with E-state index in [2.05, 4.69) is 4.98 Å². The van der Waals surface area contributed by atoms with Crippen molar-refractivity contribution in [2.45, 2.75) is 33.0 Å². The molecule has 0 aliphatic carbocycles. The molecule has 5 nitrogen and oxygen atoms in total. The normalized spacial score (nSPS) is 11.1. The molecular formula is C15H17ClNNaO4. The number of halogens is 1. The number of benzene rings is 1. The van der Waals surface area contributed by atoms with Crippen LogP contribution in [-0.2, 0) is 16.1 Å². The zero-order valence-electron chi connectivity index (χ0n) is 14.0. The second-order valence-corrected chi connectivity index (χ2v) is 5.58. The first kappa shape index (κ1) is 19.2. The minimum Gasteiger partial charge on any atom is -1.00 e. The van der Waals surface area contributed by atoms with Crippen LogP contribution < -0.4 is 29.6 Å². The van der Waals surface area contributed by atoms with Crippen molar-refractivity contribution in [1.29, 1.82) is 0 Å². The number of ether oxygens (including phenoxy) is 1. The van der Waals surface area contributed by atoms with Gasteiger partial charge in [0.25, 0.3) is 0 Å². The van der Waals surface area contributed by atoms with Crippen LogP contribution in [0.5, 0.6) is 0 Å². The molecule has 2 aromatic rings. The molecule has 0 saturated carbocycles. The Morgan fingerprint density at radius 1 is 1.41 bits per heavy atom. The Bertz CT molecular complexity index is 658. The van der Waals surface area contributed by atoms with Crippen molar-refractivity contribution >= 4 is 17.6 Å². The zero-order chi connectivity index (χ0) is 15.6. The van der Waals surface area contributed by atoms with Crippen molar-refractivity contribution in [1.82, 2.24) is 4.98 Å². The van der Waals surface area contributed by atoms with Crippen LogP contribution in [0.2, 0.25) is 5.02 Å². The molecule has 2 rings (SSSR count). The summed E-state index contributed by atoms with van der Waals surface area (Å²) >= 11 is 5.84. The van der Waals surface area contributed by atoms with Gasteiger partial charge < -0.3 is 15.7 Å². The Morgan fingerprint density at radius 3 is 2.55 bits per heavy atom. The number of carboxylic acids is 1. The number of nitrogens with zero attached hydrogens (tertiary/aromatic N) is 1. The van der Waals surface area contributed by atoms with Crippen molar-refractivity contribution in [3.63, 3.8) is 0 Å². The quantitative estimate of drug-likeness (QED) is 0.819. The van der Waals surface area contributed by atoms with Gasteiger partial charge in [-0.25, -0.2) is 9.78 Å². The maximum absolute atomic E-state index is 11.0. The number of oxazole rings is 1. The smallest absolute Gasteiger partial charge is 1.00 e. The van der Waals surface area contributed by atoms with Gasteiger partial charge in [0.2, 0.25) is 5.89 Å². The minimum absolute atomic E-state index is 0. The van der Waals surface area contributed by atoms with E-state index in [0.717, 1.165) is 5.56 Å². The fraction of sp³-hybridized carbons (Fsp3) is 0.333. The molecule has 0 aliphatic heterocycles. The van der Waals surface area contributed by atoms with Gasteiger partial charge >= 0.3 is 35.5 Å². The number of rotatable bonds is 5. The van der Waals surface area contributed by atoms with Crippen LogP contribution >= 0.6 is 11.6 Å². The van der Waals surface area contributed by atoms with Gasteiger partial charge in [0.1, 0.15) is 6.61 Å². The van der Waals surface area contributed by atoms with Crippen LogP contribution in [0.1, 0.15) is 26.7 Å². The van der Waals surface area contributed by atoms with Crippen molar-refractivity contribution in [2.24, 2.45) is 0 Å². The van der Waals surface area contributed by atoms with Crippen molar-refractivity contribution in [2.75, 3.05) is 0 Å². The second-order valence-electron chi connectivity index (χ2n) is 5.14. The van der Waals surface area contributed by atoms with Crippen molar-refractivity contribution < 1.29 is 50.0 Å². The zero-order valence-corrected chi connectivity index (χ0v) is 15.8. The molecule has 1 aromatic heterocycles. The van der Waals surface area contributed by atoms with Gasteiger partial charge in [0, 0.05) is 10.6 Å². The monoisotopic (exact) mass is 333 g/mol. The number of carbonyl (C=O) groups is 1. The molecule has 1 heterocycles. The molecule has 1 N–H and O–H groups in total. The summed E-state index contributed by atoms with van der Waals surface area (Å²) in [4.78, 5) is 15.3. The average Bonchev–Trinajstić information content (AvgIpc) is 2.78. The van der Waals surface area contributed by atoms with E-state index in [-0.39, 0.29) is 37.6 Å². The summed E-state index contributed by atoms with van der Waals surface area (Å²) in [6, 6.07) is 7.11. The number of carboxylic acid groups (broad SMARTS) is 1. The standard InChI is InChI=1S/C15H16ClNO4.Na.H/c1-9-12(8-20-15(2,3)14(18)19)21-13(17-9)10-4-6-11(16)7-5-10;;/h4-7H,8H2,1-3H3,(H,18,19);;/q;+1;-1. The van der Waals surface area contributed by atoms with Crippen LogP contribution in [0.4, 0.5) is 0 Å². The molecule has 0 aliphatic rings. The van der Waals surface area contributed by atoms with E-state index in [9.17, 15) is 4.79 Å². The molecule has 0 saturated heterocycles. The molecule has 0 atom stereocenters. The van der Waals surface area contributed by atoms with Crippen LogP contribution in [0.3, 0.4) is 0 Å². The summed E-state index contributed by atoms with van der Waals surface area (Å²) in [6.45, 7) is 4.81. The number of hydrogen-bond donors (Lipinski definition) is 1. The molecular weight excluding hydrogens is 317 g/mol. The van der Waals surface area contributed by atoms with Gasteiger partial charge in [-0.2, -0.15) is 0 Å². The molecule has 0 bridgehead atoms. The van der Waals surface area contributed by atoms with Crippen LogP contribution in [-0.4, -0.2) is 21.7 Å². The van der Waals surface area contributed by atoms with E-state index in [1.807, 2.05) is 0 Å². The van der Waals surface area contributed by atoms with E-state index in [0.29, 0.717) is 22.4 Å². The van der Waals surface area contributed by atoms with Gasteiger partial charge in [0.05, 0.1) is 5.69 Å². The van der Waals surface area contributed by atoms with Gasteiger partial charge in [-0.1, -0.05) is 11.6 Å². The predicted molar refractivity (Wildman–Crippen MR) is 79.3 cm³/mol. The van der Waals surface area contributed by atoms with Gasteiger partial charge in [-0.15, -0.1) is 0 Å². The fourth-order valence-electron chi connectivity index (χ4n) is 1.59. The summed E-state index contributed by atoms with van der Waals surface area (Å²) < 4.78 is 11.0. The molecule has 0 amide bonds. The number of aromatic nitrogens is 1. The molecule has 0 unspecified atom stereocenters. The average molecular weight is 334 g/mol. The third kappa shape index (κ3) is 4.57. The van der Waals surface area contributed by atoms with Gasteiger partial charge in [-0.05, 0) is 45.0 Å². The number of hydrogen-bond acceptors (Lipinski definition) is 4. The molecule has 0 radical (unpaired) electrons. The van der Waals surface area contributed by atoms with E-state index in [4.69, 9.17) is 25.9 Å². The maximum Gasteiger partial charge on any atom is 1.00 e. The molecule has 7 heteroatoms. The SMILES string of the molecule is Cc1nc(-c2ccc(Cl)cc2)oc1COC(C)(C)C(=O)O.[H-].[Na+]. The number of aliphatic carboxylic acids is 1. The van der Waals surface area contributed by atoms with Crippen LogP contribution in [0.25, 0.3) is 11.5 Å². The van der Waals surface area contributed by atoms with E-state index in [1.54, 1.807) is 31.2 Å². The Balaban J connectivity index is 0.00000242. The van der Waals surface area contributed by atoms with Gasteiger partial charge in [-0.3, -0.25) is 0 Å². The summed E-state index contributed by atoms with van der Waals surface area (Å²) in [6.07, 6.45) is 0. The first-order chi connectivity index (χ1) is 9.79. The largest absolute Gasteiger partial charge is 1.00 e. The maximum atomic E-state index is 11.0. The van der Waals surface area contributed by atoms with E-state index in [1.165, 1.54) is 13.8 Å². The molecule has 114 valence electrons. The summed E-state index contributed by atoms with van der Waals surface area (Å²) in [7, 11) is 0. The third-order valence-corrected chi connectivity index (χ3v) is 3.31. The predicted octanol–water partition coefficient (Wildman–Crippen LogP) is 0.800. The topological polar surface area (TPSA) is 72.6 Å². The minimum atomic E-state index is -1.28. The molecule has 0 fully saturated rings. The van der Waals surface area contributed by atoms with Crippen LogP contribution in [0.15, 0.2) is 28.7 Å². The Labute approximate surface area is 157 Å². The summed E-state index contributed by atoms with van der Waals surface area (Å²) in [5, 5.41) is 9.65. The van der Waals surface area contributed by atoms with E-state index < -0.39 is 11.6 Å². The molecule has 22 heavy (non-hydrogen) atoms. The molecule has 1 aromatic carbocycles. The second kappa shape index (κ2) is 7.62. The first-order valence-electron chi connectivity index (χ1n) is 6.39. The number of aryl methyl sites for hydroxylation is 1. The third-order valence-electron chi connectivity index (χ3n) is 3.06. The molecule has 0 spiro atoms. The Kier molecular flexibility index (Phi) is 6.65. The Morgan fingerprint density at radius 2 is 2.00 bits per heavy atom. The Hall–Kier alpha value is -0.850. The van der Waals surface area contributed by atoms with Crippen LogP contribution in [0, 0.1) is 6.92 Å². The van der Waals surface area contributed by atoms with E-state index >= 15 is 0 Å². The first-order valence-corrected chi connectivity index (χ1v) is 6.77. The van der Waals surface area contributed by atoms with Gasteiger partial charge in [0.15, 0.2) is 11.4 Å². The summed E-state index contributed by atoms with van der Waals surface area (Å²) in [5.74, 6) is -0.0669.